The largest absolute Gasteiger partial charge is 0.496 e. The summed E-state index contributed by atoms with van der Waals surface area (Å²) >= 11 is 3.24. The van der Waals surface area contributed by atoms with Crippen LogP contribution in [0.15, 0.2) is 18.2 Å². The molecule has 0 saturated carbocycles. The number of methoxy groups -OCH3 is 1. The summed E-state index contributed by atoms with van der Waals surface area (Å²) in [6, 6.07) is 5.86. The van der Waals surface area contributed by atoms with Gasteiger partial charge in [0.25, 0.3) is 0 Å². The first kappa shape index (κ1) is 12.0. The van der Waals surface area contributed by atoms with Gasteiger partial charge in [0.15, 0.2) is 0 Å². The van der Waals surface area contributed by atoms with Crippen LogP contribution in [0.1, 0.15) is 11.1 Å². The molecule has 82 valence electrons. The predicted molar refractivity (Wildman–Crippen MR) is 63.3 cm³/mol. The van der Waals surface area contributed by atoms with Crippen LogP contribution in [-0.4, -0.2) is 17.8 Å². The molecule has 0 saturated heterocycles. The summed E-state index contributed by atoms with van der Waals surface area (Å²) < 4.78 is 5.21. The number of rotatable bonds is 4. The third-order valence-corrected chi connectivity index (χ3v) is 2.92. The number of nitrogens with two attached hydrogens (primary N) is 1. The first-order valence-corrected chi connectivity index (χ1v) is 5.53. The zero-order valence-electron chi connectivity index (χ0n) is 8.79. The van der Waals surface area contributed by atoms with Gasteiger partial charge in [0.1, 0.15) is 5.75 Å². The highest BCUT2D eigenvalue weighted by Crippen LogP contribution is 2.22. The van der Waals surface area contributed by atoms with E-state index < -0.39 is 0 Å². The van der Waals surface area contributed by atoms with E-state index in [1.165, 1.54) is 0 Å². The van der Waals surface area contributed by atoms with Crippen molar-refractivity contribution < 1.29 is 9.53 Å². The van der Waals surface area contributed by atoms with Crippen LogP contribution in [-0.2, 0) is 11.2 Å². The van der Waals surface area contributed by atoms with Crippen molar-refractivity contribution in [2.45, 2.75) is 18.2 Å². The van der Waals surface area contributed by atoms with Crippen LogP contribution < -0.4 is 10.5 Å². The lowest BCUT2D eigenvalue weighted by Crippen LogP contribution is -2.25. The van der Waals surface area contributed by atoms with Crippen molar-refractivity contribution in [1.29, 1.82) is 0 Å². The standard InChI is InChI=1S/C11H14BrNO2/c1-7-3-4-10(15-2)8(5-7)6-9(12)11(13)14/h3-5,9H,6H2,1-2H3,(H2,13,14). The number of halogens is 1. The summed E-state index contributed by atoms with van der Waals surface area (Å²) in [5, 5.41) is 0. The zero-order valence-corrected chi connectivity index (χ0v) is 10.4. The number of alkyl halides is 1. The van der Waals surface area contributed by atoms with E-state index in [2.05, 4.69) is 15.9 Å². The number of carbonyl (C=O) groups excluding carboxylic acids is 1. The fourth-order valence-corrected chi connectivity index (χ4v) is 1.71. The Morgan fingerprint density at radius 2 is 2.27 bits per heavy atom. The number of primary amides is 1. The Morgan fingerprint density at radius 1 is 1.60 bits per heavy atom. The Labute approximate surface area is 97.7 Å². The molecular weight excluding hydrogens is 258 g/mol. The summed E-state index contributed by atoms with van der Waals surface area (Å²) in [6.45, 7) is 2.00. The quantitative estimate of drug-likeness (QED) is 0.850. The second-order valence-electron chi connectivity index (χ2n) is 3.39. The average Bonchev–Trinajstić information content (AvgIpc) is 2.18. The van der Waals surface area contributed by atoms with E-state index in [9.17, 15) is 4.79 Å². The second-order valence-corrected chi connectivity index (χ2v) is 4.49. The number of carbonyl (C=O) groups is 1. The van der Waals surface area contributed by atoms with Gasteiger partial charge >= 0.3 is 0 Å². The summed E-state index contributed by atoms with van der Waals surface area (Å²) in [7, 11) is 1.61. The van der Waals surface area contributed by atoms with Crippen molar-refractivity contribution in [3.63, 3.8) is 0 Å². The molecule has 15 heavy (non-hydrogen) atoms. The number of benzene rings is 1. The zero-order chi connectivity index (χ0) is 11.4. The Hall–Kier alpha value is -1.03. The Kier molecular flexibility index (Phi) is 4.15. The molecule has 0 heterocycles. The van der Waals surface area contributed by atoms with Gasteiger partial charge < -0.3 is 10.5 Å². The van der Waals surface area contributed by atoms with Crippen LogP contribution >= 0.6 is 15.9 Å². The van der Waals surface area contributed by atoms with Gasteiger partial charge in [-0.3, -0.25) is 4.79 Å². The normalized spacial score (nSPS) is 12.2. The number of hydrogen-bond acceptors (Lipinski definition) is 2. The molecule has 0 aromatic heterocycles. The van der Waals surface area contributed by atoms with Gasteiger partial charge in [-0.05, 0) is 25.0 Å². The minimum atomic E-state index is -0.362. The third kappa shape index (κ3) is 3.23. The summed E-state index contributed by atoms with van der Waals surface area (Å²) in [6.07, 6.45) is 0.542. The fraction of sp³-hybridized carbons (Fsp3) is 0.364. The Bertz CT molecular complexity index is 366. The van der Waals surface area contributed by atoms with Crippen LogP contribution in [0.5, 0.6) is 5.75 Å². The summed E-state index contributed by atoms with van der Waals surface area (Å²) in [5.74, 6) is 0.421. The molecule has 0 bridgehead atoms. The highest BCUT2D eigenvalue weighted by atomic mass is 79.9. The van der Waals surface area contributed by atoms with Gasteiger partial charge in [-0.15, -0.1) is 0 Å². The third-order valence-electron chi connectivity index (χ3n) is 2.14. The van der Waals surface area contributed by atoms with E-state index >= 15 is 0 Å². The Morgan fingerprint density at radius 3 is 2.80 bits per heavy atom. The highest BCUT2D eigenvalue weighted by Gasteiger charge is 2.14. The molecule has 4 heteroatoms. The molecule has 0 aliphatic carbocycles. The molecular formula is C11H14BrNO2. The smallest absolute Gasteiger partial charge is 0.231 e. The first-order chi connectivity index (χ1) is 7.04. The average molecular weight is 272 g/mol. The minimum Gasteiger partial charge on any atom is -0.496 e. The lowest BCUT2D eigenvalue weighted by molar-refractivity contribution is -0.117. The number of amides is 1. The SMILES string of the molecule is COc1ccc(C)cc1CC(Br)C(N)=O. The van der Waals surface area contributed by atoms with E-state index in [1.807, 2.05) is 25.1 Å². The molecule has 0 spiro atoms. The van der Waals surface area contributed by atoms with Gasteiger partial charge in [-0.2, -0.15) is 0 Å². The van der Waals surface area contributed by atoms with Crippen molar-refractivity contribution in [2.75, 3.05) is 7.11 Å². The molecule has 0 aliphatic heterocycles. The Balaban J connectivity index is 2.91. The van der Waals surface area contributed by atoms with Crippen molar-refractivity contribution in [2.24, 2.45) is 5.73 Å². The maximum absolute atomic E-state index is 10.9. The van der Waals surface area contributed by atoms with Crippen LogP contribution in [0, 0.1) is 6.92 Å². The topological polar surface area (TPSA) is 52.3 Å². The number of hydrogen-bond donors (Lipinski definition) is 1. The lowest BCUT2D eigenvalue weighted by atomic mass is 10.1. The molecule has 1 unspecified atom stereocenters. The van der Waals surface area contributed by atoms with Crippen molar-refractivity contribution in [1.82, 2.24) is 0 Å². The van der Waals surface area contributed by atoms with Gasteiger partial charge in [0, 0.05) is 0 Å². The molecule has 1 aromatic rings. The van der Waals surface area contributed by atoms with Crippen LogP contribution in [0.25, 0.3) is 0 Å². The molecule has 3 nitrogen and oxygen atoms in total. The molecule has 1 rings (SSSR count). The molecule has 0 aliphatic rings. The van der Waals surface area contributed by atoms with E-state index in [-0.39, 0.29) is 10.7 Å². The van der Waals surface area contributed by atoms with Gasteiger partial charge in [0.2, 0.25) is 5.91 Å². The summed E-state index contributed by atoms with van der Waals surface area (Å²) in [4.78, 5) is 10.6. The fourth-order valence-electron chi connectivity index (χ4n) is 1.36. The van der Waals surface area contributed by atoms with Gasteiger partial charge in [-0.25, -0.2) is 0 Å². The maximum atomic E-state index is 10.9. The van der Waals surface area contributed by atoms with E-state index in [1.54, 1.807) is 7.11 Å². The second kappa shape index (κ2) is 5.16. The van der Waals surface area contributed by atoms with Crippen LogP contribution in [0.4, 0.5) is 0 Å². The van der Waals surface area contributed by atoms with Crippen molar-refractivity contribution >= 4 is 21.8 Å². The molecule has 1 atom stereocenters. The molecule has 1 amide bonds. The van der Waals surface area contributed by atoms with Crippen molar-refractivity contribution in [3.8, 4) is 5.75 Å². The molecule has 2 N–H and O–H groups in total. The van der Waals surface area contributed by atoms with Crippen LogP contribution in [0.2, 0.25) is 0 Å². The summed E-state index contributed by atoms with van der Waals surface area (Å²) in [5.41, 5.74) is 7.31. The van der Waals surface area contributed by atoms with E-state index in [4.69, 9.17) is 10.5 Å². The van der Waals surface area contributed by atoms with E-state index in [0.29, 0.717) is 6.42 Å². The number of aryl methyl sites for hydroxylation is 1. The van der Waals surface area contributed by atoms with Crippen LogP contribution in [0.3, 0.4) is 0 Å². The molecule has 0 radical (unpaired) electrons. The highest BCUT2D eigenvalue weighted by molar-refractivity contribution is 9.10. The molecule has 1 aromatic carbocycles. The van der Waals surface area contributed by atoms with Gasteiger partial charge in [-0.1, -0.05) is 33.6 Å². The number of ether oxygens (including phenoxy) is 1. The first-order valence-electron chi connectivity index (χ1n) is 4.61. The van der Waals surface area contributed by atoms with Crippen molar-refractivity contribution in [3.05, 3.63) is 29.3 Å². The maximum Gasteiger partial charge on any atom is 0.231 e. The predicted octanol–water partition coefficient (Wildman–Crippen LogP) is 1.79. The van der Waals surface area contributed by atoms with Gasteiger partial charge in [0.05, 0.1) is 11.9 Å². The molecule has 0 fully saturated rings. The monoisotopic (exact) mass is 271 g/mol. The minimum absolute atomic E-state index is 0.354. The van der Waals surface area contributed by atoms with E-state index in [0.717, 1.165) is 16.9 Å². The lowest BCUT2D eigenvalue weighted by Gasteiger charge is -2.11.